The lowest BCUT2D eigenvalue weighted by Gasteiger charge is -1.98. The lowest BCUT2D eigenvalue weighted by molar-refractivity contribution is 0.136. The third-order valence-electron chi connectivity index (χ3n) is 1.47. The van der Waals surface area contributed by atoms with Crippen LogP contribution in [0.2, 0.25) is 0 Å². The standard InChI is InChI=1S/C10H20O/c1-3-5-7-8-10-11-9-6-4-2/h5,7H,3-4,6,8-10H2,1-2H3/b7-5+. The Morgan fingerprint density at radius 2 is 1.91 bits per heavy atom. The highest BCUT2D eigenvalue weighted by Crippen LogP contribution is 1.91. The number of allylic oxidation sites excluding steroid dienone is 1. The number of ether oxygens (including phenoxy) is 1. The molecular weight excluding hydrogens is 136 g/mol. The summed E-state index contributed by atoms with van der Waals surface area (Å²) in [4.78, 5) is 0. The molecule has 0 aromatic carbocycles. The summed E-state index contributed by atoms with van der Waals surface area (Å²) in [6.07, 6.45) is 8.99. The van der Waals surface area contributed by atoms with Crippen LogP contribution in [-0.4, -0.2) is 13.2 Å². The van der Waals surface area contributed by atoms with Gasteiger partial charge in [0, 0.05) is 6.61 Å². The number of unbranched alkanes of at least 4 members (excludes halogenated alkanes) is 1. The lowest BCUT2D eigenvalue weighted by Crippen LogP contribution is -1.94. The van der Waals surface area contributed by atoms with E-state index in [1.807, 2.05) is 0 Å². The highest BCUT2D eigenvalue weighted by molar-refractivity contribution is 4.79. The van der Waals surface area contributed by atoms with E-state index in [2.05, 4.69) is 26.0 Å². The molecule has 0 aliphatic rings. The monoisotopic (exact) mass is 156 g/mol. The van der Waals surface area contributed by atoms with Crippen LogP contribution in [0.15, 0.2) is 12.2 Å². The smallest absolute Gasteiger partial charge is 0.0500 e. The van der Waals surface area contributed by atoms with E-state index >= 15 is 0 Å². The molecule has 0 radical (unpaired) electrons. The first kappa shape index (κ1) is 10.7. The van der Waals surface area contributed by atoms with Crippen LogP contribution in [0.25, 0.3) is 0 Å². The van der Waals surface area contributed by atoms with Gasteiger partial charge in [0.1, 0.15) is 0 Å². The fourth-order valence-corrected chi connectivity index (χ4v) is 0.784. The van der Waals surface area contributed by atoms with Crippen molar-refractivity contribution in [3.63, 3.8) is 0 Å². The summed E-state index contributed by atoms with van der Waals surface area (Å²) in [5.74, 6) is 0. The van der Waals surface area contributed by atoms with Crippen molar-refractivity contribution < 1.29 is 4.74 Å². The molecular formula is C10H20O. The molecule has 0 saturated heterocycles. The summed E-state index contributed by atoms with van der Waals surface area (Å²) in [7, 11) is 0. The quantitative estimate of drug-likeness (QED) is 0.406. The zero-order valence-electron chi connectivity index (χ0n) is 7.81. The summed E-state index contributed by atoms with van der Waals surface area (Å²) < 4.78 is 5.37. The Morgan fingerprint density at radius 3 is 2.55 bits per heavy atom. The topological polar surface area (TPSA) is 9.23 Å². The van der Waals surface area contributed by atoms with Crippen molar-refractivity contribution >= 4 is 0 Å². The zero-order chi connectivity index (χ0) is 8.36. The van der Waals surface area contributed by atoms with Crippen LogP contribution < -0.4 is 0 Å². The Morgan fingerprint density at radius 1 is 1.09 bits per heavy atom. The van der Waals surface area contributed by atoms with Gasteiger partial charge in [-0.3, -0.25) is 0 Å². The van der Waals surface area contributed by atoms with Gasteiger partial charge in [-0.25, -0.2) is 0 Å². The number of hydrogen-bond acceptors (Lipinski definition) is 1. The zero-order valence-corrected chi connectivity index (χ0v) is 7.81. The van der Waals surface area contributed by atoms with E-state index < -0.39 is 0 Å². The van der Waals surface area contributed by atoms with Gasteiger partial charge >= 0.3 is 0 Å². The normalized spacial score (nSPS) is 11.1. The maximum atomic E-state index is 5.37. The van der Waals surface area contributed by atoms with Crippen LogP contribution in [0.5, 0.6) is 0 Å². The minimum absolute atomic E-state index is 0.885. The van der Waals surface area contributed by atoms with E-state index in [-0.39, 0.29) is 0 Å². The van der Waals surface area contributed by atoms with E-state index in [4.69, 9.17) is 4.74 Å². The molecule has 0 aromatic heterocycles. The molecule has 0 bridgehead atoms. The molecule has 11 heavy (non-hydrogen) atoms. The molecule has 0 aromatic rings. The Hall–Kier alpha value is -0.300. The first-order valence-corrected chi connectivity index (χ1v) is 4.64. The van der Waals surface area contributed by atoms with Gasteiger partial charge in [0.2, 0.25) is 0 Å². The minimum atomic E-state index is 0.885. The molecule has 0 atom stereocenters. The van der Waals surface area contributed by atoms with Crippen LogP contribution in [0.4, 0.5) is 0 Å². The van der Waals surface area contributed by atoms with Crippen LogP contribution in [0, 0.1) is 0 Å². The third kappa shape index (κ3) is 9.70. The maximum Gasteiger partial charge on any atom is 0.0500 e. The van der Waals surface area contributed by atoms with Crippen molar-refractivity contribution in [2.24, 2.45) is 0 Å². The Balaban J connectivity index is 2.85. The van der Waals surface area contributed by atoms with E-state index in [0.717, 1.165) is 26.1 Å². The summed E-state index contributed by atoms with van der Waals surface area (Å²) in [6, 6.07) is 0. The molecule has 0 heterocycles. The maximum absolute atomic E-state index is 5.37. The average molecular weight is 156 g/mol. The molecule has 0 N–H and O–H groups in total. The molecule has 0 amide bonds. The second kappa shape index (κ2) is 9.70. The molecule has 0 unspecified atom stereocenters. The van der Waals surface area contributed by atoms with Crippen molar-refractivity contribution in [3.8, 4) is 0 Å². The van der Waals surface area contributed by atoms with Gasteiger partial charge in [-0.15, -0.1) is 0 Å². The molecule has 0 rings (SSSR count). The van der Waals surface area contributed by atoms with Crippen molar-refractivity contribution in [3.05, 3.63) is 12.2 Å². The van der Waals surface area contributed by atoms with Crippen molar-refractivity contribution in [2.45, 2.75) is 39.5 Å². The molecule has 1 heteroatoms. The van der Waals surface area contributed by atoms with Crippen molar-refractivity contribution in [1.29, 1.82) is 0 Å². The summed E-state index contributed by atoms with van der Waals surface area (Å²) in [5.41, 5.74) is 0. The van der Waals surface area contributed by atoms with Gasteiger partial charge in [-0.2, -0.15) is 0 Å². The highest BCUT2D eigenvalue weighted by Gasteiger charge is 1.83. The predicted molar refractivity (Wildman–Crippen MR) is 49.8 cm³/mol. The molecule has 0 spiro atoms. The van der Waals surface area contributed by atoms with Crippen LogP contribution >= 0.6 is 0 Å². The van der Waals surface area contributed by atoms with Gasteiger partial charge in [-0.1, -0.05) is 32.4 Å². The predicted octanol–water partition coefficient (Wildman–Crippen LogP) is 3.16. The van der Waals surface area contributed by atoms with Gasteiger partial charge in [0.05, 0.1) is 6.61 Å². The van der Waals surface area contributed by atoms with Crippen molar-refractivity contribution in [2.75, 3.05) is 13.2 Å². The van der Waals surface area contributed by atoms with Crippen LogP contribution in [0.1, 0.15) is 39.5 Å². The van der Waals surface area contributed by atoms with E-state index in [9.17, 15) is 0 Å². The molecule has 0 aliphatic heterocycles. The van der Waals surface area contributed by atoms with E-state index in [1.54, 1.807) is 0 Å². The SMILES string of the molecule is CC/C=C/CCOCCCC. The van der Waals surface area contributed by atoms with E-state index in [0.29, 0.717) is 0 Å². The van der Waals surface area contributed by atoms with Gasteiger partial charge in [0.25, 0.3) is 0 Å². The second-order valence-electron chi connectivity index (χ2n) is 2.63. The van der Waals surface area contributed by atoms with Gasteiger partial charge in [0.15, 0.2) is 0 Å². The summed E-state index contributed by atoms with van der Waals surface area (Å²) >= 11 is 0. The summed E-state index contributed by atoms with van der Waals surface area (Å²) in [5, 5.41) is 0. The Kier molecular flexibility index (Phi) is 9.44. The molecule has 0 saturated carbocycles. The molecule has 1 nitrogen and oxygen atoms in total. The van der Waals surface area contributed by atoms with Crippen molar-refractivity contribution in [1.82, 2.24) is 0 Å². The fraction of sp³-hybridized carbons (Fsp3) is 0.800. The minimum Gasteiger partial charge on any atom is -0.381 e. The first-order valence-electron chi connectivity index (χ1n) is 4.64. The first-order chi connectivity index (χ1) is 5.41. The van der Waals surface area contributed by atoms with E-state index in [1.165, 1.54) is 12.8 Å². The van der Waals surface area contributed by atoms with Crippen LogP contribution in [-0.2, 0) is 4.74 Å². The Bertz CT molecular complexity index is 86.9. The molecule has 0 aliphatic carbocycles. The van der Waals surface area contributed by atoms with Crippen LogP contribution in [0.3, 0.4) is 0 Å². The molecule has 0 fully saturated rings. The largest absolute Gasteiger partial charge is 0.381 e. The number of hydrogen-bond donors (Lipinski definition) is 0. The average Bonchev–Trinajstić information content (AvgIpc) is 2.03. The third-order valence-corrected chi connectivity index (χ3v) is 1.47. The second-order valence-corrected chi connectivity index (χ2v) is 2.63. The van der Waals surface area contributed by atoms with Gasteiger partial charge in [-0.05, 0) is 19.3 Å². The Labute approximate surface area is 70.4 Å². The highest BCUT2D eigenvalue weighted by atomic mass is 16.5. The fourth-order valence-electron chi connectivity index (χ4n) is 0.784. The lowest BCUT2D eigenvalue weighted by atomic mass is 10.3. The van der Waals surface area contributed by atoms with Gasteiger partial charge < -0.3 is 4.74 Å². The molecule has 66 valence electrons. The number of rotatable bonds is 7. The summed E-state index contributed by atoms with van der Waals surface area (Å²) in [6.45, 7) is 6.14.